The SMILES string of the molecule is CCCCNC(=O)[C@H](CC)N(Cc1ccccc1C)C(=O)COc1cc(C)c(Br)c(C)c1. The smallest absolute Gasteiger partial charge is 0.261 e. The number of ether oxygens (including phenoxy) is 1. The molecule has 0 saturated carbocycles. The van der Waals surface area contributed by atoms with Crippen LogP contribution in [0.1, 0.15) is 55.4 Å². The van der Waals surface area contributed by atoms with Crippen molar-refractivity contribution in [3.05, 3.63) is 63.1 Å². The maximum atomic E-state index is 13.3. The van der Waals surface area contributed by atoms with Gasteiger partial charge in [-0.15, -0.1) is 0 Å². The number of carbonyl (C=O) groups excluding carboxylic acids is 2. The Morgan fingerprint density at radius 3 is 2.31 bits per heavy atom. The number of rotatable bonds is 11. The van der Waals surface area contributed by atoms with Crippen LogP contribution in [0.25, 0.3) is 0 Å². The maximum absolute atomic E-state index is 13.3. The highest BCUT2D eigenvalue weighted by Gasteiger charge is 2.29. The maximum Gasteiger partial charge on any atom is 0.261 e. The minimum Gasteiger partial charge on any atom is -0.484 e. The number of nitrogens with one attached hydrogen (secondary N) is 1. The number of benzene rings is 2. The second-order valence-electron chi connectivity index (χ2n) is 8.18. The molecule has 2 aromatic carbocycles. The van der Waals surface area contributed by atoms with Crippen molar-refractivity contribution in [3.63, 3.8) is 0 Å². The molecule has 0 unspecified atom stereocenters. The van der Waals surface area contributed by atoms with E-state index in [1.54, 1.807) is 4.90 Å². The molecule has 0 bridgehead atoms. The van der Waals surface area contributed by atoms with E-state index in [1.165, 1.54) is 0 Å². The Morgan fingerprint density at radius 2 is 1.72 bits per heavy atom. The normalized spacial score (nSPS) is 11.7. The number of carbonyl (C=O) groups is 2. The summed E-state index contributed by atoms with van der Waals surface area (Å²) >= 11 is 3.56. The third-order valence-corrected chi connectivity index (χ3v) is 6.84. The lowest BCUT2D eigenvalue weighted by molar-refractivity contribution is -0.143. The zero-order chi connectivity index (χ0) is 23.7. The molecule has 0 fully saturated rings. The zero-order valence-electron chi connectivity index (χ0n) is 19.8. The summed E-state index contributed by atoms with van der Waals surface area (Å²) in [6.07, 6.45) is 2.45. The Labute approximate surface area is 200 Å². The lowest BCUT2D eigenvalue weighted by Crippen LogP contribution is -2.50. The first kappa shape index (κ1) is 25.9. The average Bonchev–Trinajstić information content (AvgIpc) is 2.77. The second-order valence-corrected chi connectivity index (χ2v) is 8.97. The summed E-state index contributed by atoms with van der Waals surface area (Å²) < 4.78 is 6.90. The van der Waals surface area contributed by atoms with Gasteiger partial charge in [0.1, 0.15) is 11.8 Å². The molecule has 0 heterocycles. The van der Waals surface area contributed by atoms with E-state index >= 15 is 0 Å². The fourth-order valence-corrected chi connectivity index (χ4v) is 3.84. The third-order valence-electron chi connectivity index (χ3n) is 5.59. The van der Waals surface area contributed by atoms with Gasteiger partial charge in [-0.1, -0.05) is 60.5 Å². The molecule has 2 aromatic rings. The summed E-state index contributed by atoms with van der Waals surface area (Å²) in [5, 5.41) is 2.99. The molecule has 2 rings (SSSR count). The number of amides is 2. The van der Waals surface area contributed by atoms with Crippen molar-refractivity contribution >= 4 is 27.7 Å². The molecule has 0 aliphatic carbocycles. The molecule has 174 valence electrons. The highest BCUT2D eigenvalue weighted by molar-refractivity contribution is 9.10. The number of unbranched alkanes of at least 4 members (excludes halogenated alkanes) is 1. The van der Waals surface area contributed by atoms with Crippen molar-refractivity contribution in [2.75, 3.05) is 13.2 Å². The van der Waals surface area contributed by atoms with Crippen LogP contribution in [0.15, 0.2) is 40.9 Å². The van der Waals surface area contributed by atoms with Crippen LogP contribution in [0, 0.1) is 20.8 Å². The Morgan fingerprint density at radius 1 is 1.06 bits per heavy atom. The van der Waals surface area contributed by atoms with E-state index in [2.05, 4.69) is 28.2 Å². The summed E-state index contributed by atoms with van der Waals surface area (Å²) in [4.78, 5) is 27.9. The molecule has 6 heteroatoms. The van der Waals surface area contributed by atoms with E-state index < -0.39 is 6.04 Å². The average molecular weight is 503 g/mol. The van der Waals surface area contributed by atoms with Gasteiger partial charge in [0.25, 0.3) is 5.91 Å². The molecule has 2 amide bonds. The van der Waals surface area contributed by atoms with Crippen molar-refractivity contribution < 1.29 is 14.3 Å². The molecule has 1 atom stereocenters. The molecule has 5 nitrogen and oxygen atoms in total. The molecule has 0 aromatic heterocycles. The van der Waals surface area contributed by atoms with Crippen molar-refractivity contribution in [2.24, 2.45) is 0 Å². The van der Waals surface area contributed by atoms with Gasteiger partial charge in [-0.3, -0.25) is 9.59 Å². The topological polar surface area (TPSA) is 58.6 Å². The first-order valence-electron chi connectivity index (χ1n) is 11.3. The van der Waals surface area contributed by atoms with E-state index in [0.29, 0.717) is 25.3 Å². The lowest BCUT2D eigenvalue weighted by Gasteiger charge is -2.31. The molecule has 0 aliphatic heterocycles. The van der Waals surface area contributed by atoms with Crippen LogP contribution in [0.5, 0.6) is 5.75 Å². The van der Waals surface area contributed by atoms with Gasteiger partial charge in [-0.05, 0) is 68.0 Å². The van der Waals surface area contributed by atoms with Gasteiger partial charge < -0.3 is 15.0 Å². The quantitative estimate of drug-likeness (QED) is 0.414. The van der Waals surface area contributed by atoms with Crippen LogP contribution in [-0.4, -0.2) is 35.9 Å². The number of hydrogen-bond donors (Lipinski definition) is 1. The predicted octanol–water partition coefficient (Wildman–Crippen LogP) is 5.48. The molecule has 0 aliphatic rings. The standard InChI is InChI=1S/C26H35BrN2O3/c1-6-8-13-28-26(31)23(7-2)29(16-21-12-10-9-11-18(21)3)24(30)17-32-22-14-19(4)25(27)20(5)15-22/h9-12,14-15,23H,6-8,13,16-17H2,1-5H3,(H,28,31)/t23-/m0/s1. The van der Waals surface area contributed by atoms with Gasteiger partial charge in [0.2, 0.25) is 5.91 Å². The highest BCUT2D eigenvalue weighted by Crippen LogP contribution is 2.26. The largest absolute Gasteiger partial charge is 0.484 e. The monoisotopic (exact) mass is 502 g/mol. The predicted molar refractivity (Wildman–Crippen MR) is 133 cm³/mol. The Kier molecular flexibility index (Phi) is 10.2. The van der Waals surface area contributed by atoms with Crippen molar-refractivity contribution in [1.29, 1.82) is 0 Å². The summed E-state index contributed by atoms with van der Waals surface area (Å²) in [7, 11) is 0. The van der Waals surface area contributed by atoms with E-state index in [4.69, 9.17) is 4.74 Å². The van der Waals surface area contributed by atoms with Crippen LogP contribution in [-0.2, 0) is 16.1 Å². The summed E-state index contributed by atoms with van der Waals surface area (Å²) in [5.74, 6) is 0.329. The summed E-state index contributed by atoms with van der Waals surface area (Å²) in [6, 6.07) is 11.2. The van der Waals surface area contributed by atoms with Crippen molar-refractivity contribution in [3.8, 4) is 5.75 Å². The minimum atomic E-state index is -0.545. The fraction of sp³-hybridized carbons (Fsp3) is 0.462. The summed E-state index contributed by atoms with van der Waals surface area (Å²) in [5.41, 5.74) is 4.21. The van der Waals surface area contributed by atoms with Gasteiger partial charge in [0.05, 0.1) is 0 Å². The Hall–Kier alpha value is -2.34. The van der Waals surface area contributed by atoms with Crippen molar-refractivity contribution in [1.82, 2.24) is 10.2 Å². The molecule has 0 spiro atoms. The number of halogens is 1. The molecule has 1 N–H and O–H groups in total. The van der Waals surface area contributed by atoms with Crippen LogP contribution in [0.4, 0.5) is 0 Å². The van der Waals surface area contributed by atoms with Gasteiger partial charge in [-0.2, -0.15) is 0 Å². The van der Waals surface area contributed by atoms with E-state index in [-0.39, 0.29) is 18.4 Å². The third kappa shape index (κ3) is 7.09. The molecule has 32 heavy (non-hydrogen) atoms. The molecule has 0 saturated heterocycles. The summed E-state index contributed by atoms with van der Waals surface area (Å²) in [6.45, 7) is 10.9. The van der Waals surface area contributed by atoms with Gasteiger partial charge >= 0.3 is 0 Å². The van der Waals surface area contributed by atoms with E-state index in [0.717, 1.165) is 39.6 Å². The van der Waals surface area contributed by atoms with Crippen LogP contribution in [0.3, 0.4) is 0 Å². The minimum absolute atomic E-state index is 0.113. The molecular weight excluding hydrogens is 468 g/mol. The van der Waals surface area contributed by atoms with E-state index in [1.807, 2.05) is 64.1 Å². The molecule has 0 radical (unpaired) electrons. The Bertz CT molecular complexity index is 906. The van der Waals surface area contributed by atoms with Gasteiger partial charge in [0, 0.05) is 17.6 Å². The Balaban J connectivity index is 2.22. The first-order chi connectivity index (χ1) is 15.3. The zero-order valence-corrected chi connectivity index (χ0v) is 21.4. The lowest BCUT2D eigenvalue weighted by atomic mass is 10.1. The van der Waals surface area contributed by atoms with Crippen LogP contribution >= 0.6 is 15.9 Å². The van der Waals surface area contributed by atoms with E-state index in [9.17, 15) is 9.59 Å². The fourth-order valence-electron chi connectivity index (χ4n) is 3.61. The van der Waals surface area contributed by atoms with Crippen LogP contribution in [0.2, 0.25) is 0 Å². The van der Waals surface area contributed by atoms with Crippen LogP contribution < -0.4 is 10.1 Å². The number of aryl methyl sites for hydroxylation is 3. The first-order valence-corrected chi connectivity index (χ1v) is 12.1. The van der Waals surface area contributed by atoms with Crippen molar-refractivity contribution in [2.45, 2.75) is 66.5 Å². The molecular formula is C26H35BrN2O3. The van der Waals surface area contributed by atoms with Gasteiger partial charge in [0.15, 0.2) is 6.61 Å². The number of nitrogens with zero attached hydrogens (tertiary/aromatic N) is 1. The number of hydrogen-bond acceptors (Lipinski definition) is 3. The highest BCUT2D eigenvalue weighted by atomic mass is 79.9. The second kappa shape index (κ2) is 12.6. The van der Waals surface area contributed by atoms with Gasteiger partial charge in [-0.25, -0.2) is 0 Å².